The summed E-state index contributed by atoms with van der Waals surface area (Å²) >= 11 is 7.16. The zero-order valence-electron chi connectivity index (χ0n) is 23.4. The van der Waals surface area contributed by atoms with Crippen molar-refractivity contribution >= 4 is 39.2 Å². The van der Waals surface area contributed by atoms with Crippen LogP contribution < -0.4 is 19.7 Å². The molecule has 216 valence electrons. The summed E-state index contributed by atoms with van der Waals surface area (Å²) < 4.78 is 13.4. The minimum atomic E-state index is -0.246. The SMILES string of the molecule is Oc1cc(-c2nc3nc(OC4(C56CCCN5CCC6)CC4)nc4c3c(c2Cl)OCC2CNCCN42)c2ccccc2c1. The number of anilines is 1. The first-order valence-corrected chi connectivity index (χ1v) is 15.6. The van der Waals surface area contributed by atoms with Gasteiger partial charge in [-0.2, -0.15) is 9.97 Å². The molecule has 0 amide bonds. The molecule has 2 aromatic carbocycles. The summed E-state index contributed by atoms with van der Waals surface area (Å²) in [5.74, 6) is 1.47. The van der Waals surface area contributed by atoms with Crippen molar-refractivity contribution in [2.75, 3.05) is 44.2 Å². The van der Waals surface area contributed by atoms with E-state index in [-0.39, 0.29) is 22.9 Å². The second-order valence-electron chi connectivity index (χ2n) is 12.5. The standard InChI is InChI=1S/C32H33ClN6O3/c33-25-26(23-16-21(40)15-19-5-1-2-6-22(19)23)35-28-24-27(25)41-18-20-17-34-11-14-39(20)29(24)37-30(36-28)42-32(9-10-32)31-7-3-12-38(31)13-4-8-31/h1-2,5-6,15-16,20,34,40H,3-4,7-14,17-18H2. The lowest BCUT2D eigenvalue weighted by molar-refractivity contribution is 0.00817. The van der Waals surface area contributed by atoms with Gasteiger partial charge in [0.05, 0.1) is 17.3 Å². The maximum Gasteiger partial charge on any atom is 0.321 e. The molecule has 1 saturated carbocycles. The maximum atomic E-state index is 10.6. The average Bonchev–Trinajstić information content (AvgIpc) is 3.53. The number of rotatable bonds is 4. The molecule has 1 aliphatic carbocycles. The van der Waals surface area contributed by atoms with Crippen LogP contribution in [0.4, 0.5) is 5.82 Å². The largest absolute Gasteiger partial charge is 0.508 e. The number of pyridine rings is 1. The van der Waals surface area contributed by atoms with Gasteiger partial charge >= 0.3 is 6.01 Å². The molecule has 0 bridgehead atoms. The molecule has 3 saturated heterocycles. The molecule has 9 nitrogen and oxygen atoms in total. The lowest BCUT2D eigenvalue weighted by Gasteiger charge is -2.40. The number of aromatic nitrogens is 3. The molecular weight excluding hydrogens is 552 g/mol. The summed E-state index contributed by atoms with van der Waals surface area (Å²) in [7, 11) is 0. The third kappa shape index (κ3) is 3.53. The molecule has 10 heteroatoms. The molecule has 0 radical (unpaired) electrons. The van der Waals surface area contributed by atoms with Crippen LogP contribution >= 0.6 is 11.6 Å². The molecule has 0 spiro atoms. The molecule has 1 unspecified atom stereocenters. The van der Waals surface area contributed by atoms with E-state index >= 15 is 0 Å². The first kappa shape index (κ1) is 25.1. The van der Waals surface area contributed by atoms with Crippen LogP contribution in [-0.4, -0.2) is 81.5 Å². The number of phenols is 1. The predicted molar refractivity (Wildman–Crippen MR) is 162 cm³/mol. The Morgan fingerprint density at radius 1 is 1.02 bits per heavy atom. The number of ether oxygens (including phenoxy) is 2. The van der Waals surface area contributed by atoms with E-state index in [0.29, 0.717) is 34.7 Å². The van der Waals surface area contributed by atoms with E-state index in [9.17, 15) is 5.11 Å². The van der Waals surface area contributed by atoms with Crippen LogP contribution in [0.1, 0.15) is 38.5 Å². The minimum absolute atomic E-state index is 0.0877. The van der Waals surface area contributed by atoms with Crippen LogP contribution in [0.5, 0.6) is 17.5 Å². The van der Waals surface area contributed by atoms with Gasteiger partial charge in [0.15, 0.2) is 11.4 Å². The van der Waals surface area contributed by atoms with Gasteiger partial charge in [-0.3, -0.25) is 4.90 Å². The number of halogens is 1. The van der Waals surface area contributed by atoms with Gasteiger partial charge in [0.2, 0.25) is 0 Å². The number of fused-ring (bicyclic) bond motifs is 4. The Labute approximate surface area is 248 Å². The average molecular weight is 585 g/mol. The zero-order valence-corrected chi connectivity index (χ0v) is 24.2. The van der Waals surface area contributed by atoms with E-state index in [2.05, 4.69) is 15.1 Å². The Balaban J connectivity index is 1.25. The van der Waals surface area contributed by atoms with Crippen LogP contribution in [0.15, 0.2) is 36.4 Å². The molecule has 9 rings (SSSR count). The summed E-state index contributed by atoms with van der Waals surface area (Å²) in [5.41, 5.74) is 1.60. The van der Waals surface area contributed by atoms with E-state index in [0.717, 1.165) is 73.1 Å². The normalized spacial score (nSPS) is 23.8. The maximum absolute atomic E-state index is 10.6. The summed E-state index contributed by atoms with van der Waals surface area (Å²) in [6.45, 7) is 5.19. The van der Waals surface area contributed by atoms with Crippen molar-refractivity contribution in [3.63, 3.8) is 0 Å². The van der Waals surface area contributed by atoms with E-state index in [1.807, 2.05) is 24.3 Å². The smallest absolute Gasteiger partial charge is 0.321 e. The van der Waals surface area contributed by atoms with Crippen molar-refractivity contribution in [3.05, 3.63) is 41.4 Å². The van der Waals surface area contributed by atoms with Crippen LogP contribution in [-0.2, 0) is 0 Å². The molecule has 2 N–H and O–H groups in total. The van der Waals surface area contributed by atoms with Gasteiger partial charge in [-0.1, -0.05) is 35.9 Å². The van der Waals surface area contributed by atoms with E-state index in [1.54, 1.807) is 12.1 Å². The molecule has 4 fully saturated rings. The quantitative estimate of drug-likeness (QED) is 0.347. The molecule has 4 aromatic rings. The Bertz CT molecular complexity index is 1750. The highest BCUT2D eigenvalue weighted by Gasteiger charge is 2.67. The topological polar surface area (TPSA) is 95.9 Å². The van der Waals surface area contributed by atoms with Crippen LogP contribution in [0.25, 0.3) is 33.1 Å². The molecule has 42 heavy (non-hydrogen) atoms. The zero-order chi connectivity index (χ0) is 28.1. The number of nitrogens with zero attached hydrogens (tertiary/aromatic N) is 5. The highest BCUT2D eigenvalue weighted by atomic mass is 35.5. The summed E-state index contributed by atoms with van der Waals surface area (Å²) in [6.07, 6.45) is 6.85. The van der Waals surface area contributed by atoms with Crippen molar-refractivity contribution in [2.45, 2.75) is 55.7 Å². The number of piperazine rings is 1. The Hall–Kier alpha value is -3.40. The van der Waals surface area contributed by atoms with E-state index < -0.39 is 0 Å². The highest BCUT2D eigenvalue weighted by molar-refractivity contribution is 6.36. The van der Waals surface area contributed by atoms with Crippen molar-refractivity contribution in [2.24, 2.45) is 0 Å². The molecular formula is C32H33ClN6O3. The Morgan fingerprint density at radius 2 is 1.86 bits per heavy atom. The molecule has 2 aromatic heterocycles. The third-order valence-electron chi connectivity index (χ3n) is 10.3. The van der Waals surface area contributed by atoms with E-state index in [1.165, 1.54) is 25.7 Å². The van der Waals surface area contributed by atoms with Gasteiger partial charge in [0.25, 0.3) is 0 Å². The van der Waals surface area contributed by atoms with Gasteiger partial charge in [0.1, 0.15) is 34.2 Å². The van der Waals surface area contributed by atoms with E-state index in [4.69, 9.17) is 36.0 Å². The summed E-state index contributed by atoms with van der Waals surface area (Å²) in [6, 6.07) is 11.9. The number of hydrogen-bond donors (Lipinski definition) is 2. The number of nitrogens with one attached hydrogen (secondary N) is 1. The van der Waals surface area contributed by atoms with Crippen molar-refractivity contribution in [1.82, 2.24) is 25.2 Å². The number of phenolic OH excluding ortho intramolecular Hbond substituents is 1. The Morgan fingerprint density at radius 3 is 2.69 bits per heavy atom. The minimum Gasteiger partial charge on any atom is -0.508 e. The summed E-state index contributed by atoms with van der Waals surface area (Å²) in [5, 5.41) is 17.1. The van der Waals surface area contributed by atoms with Gasteiger partial charge in [-0.15, -0.1) is 0 Å². The fourth-order valence-electron chi connectivity index (χ4n) is 8.30. The summed E-state index contributed by atoms with van der Waals surface area (Å²) in [4.78, 5) is 20.2. The highest BCUT2D eigenvalue weighted by Crippen LogP contribution is 2.59. The third-order valence-corrected chi connectivity index (χ3v) is 10.7. The number of aromatic hydroxyl groups is 1. The van der Waals surface area contributed by atoms with Crippen LogP contribution in [0.2, 0.25) is 5.02 Å². The lowest BCUT2D eigenvalue weighted by atomic mass is 9.85. The second kappa shape index (κ2) is 9.05. The molecule has 4 aliphatic heterocycles. The van der Waals surface area contributed by atoms with Gasteiger partial charge < -0.3 is 24.8 Å². The molecule has 1 atom stereocenters. The first-order valence-electron chi connectivity index (χ1n) is 15.2. The number of hydrogen-bond acceptors (Lipinski definition) is 9. The van der Waals surface area contributed by atoms with Gasteiger partial charge in [0, 0.05) is 25.2 Å². The van der Waals surface area contributed by atoms with Gasteiger partial charge in [-0.25, -0.2) is 4.98 Å². The lowest BCUT2D eigenvalue weighted by Crippen LogP contribution is -2.54. The van der Waals surface area contributed by atoms with Crippen molar-refractivity contribution < 1.29 is 14.6 Å². The van der Waals surface area contributed by atoms with Crippen LogP contribution in [0.3, 0.4) is 0 Å². The van der Waals surface area contributed by atoms with Gasteiger partial charge in [-0.05, 0) is 74.5 Å². The van der Waals surface area contributed by atoms with Crippen molar-refractivity contribution in [3.8, 4) is 28.8 Å². The fourth-order valence-corrected chi connectivity index (χ4v) is 8.59. The first-order chi connectivity index (χ1) is 20.6. The second-order valence-corrected chi connectivity index (χ2v) is 12.9. The number of benzene rings is 2. The molecule has 6 heterocycles. The Kier molecular flexibility index (Phi) is 5.42. The predicted octanol–water partition coefficient (Wildman–Crippen LogP) is 4.91. The molecule has 5 aliphatic rings. The van der Waals surface area contributed by atoms with Crippen LogP contribution in [0, 0.1) is 0 Å². The monoisotopic (exact) mass is 584 g/mol. The fraction of sp³-hybridized carbons (Fsp3) is 0.469. The van der Waals surface area contributed by atoms with Crippen molar-refractivity contribution in [1.29, 1.82) is 0 Å².